The Morgan fingerprint density at radius 2 is 1.61 bits per heavy atom. The average Bonchev–Trinajstić information content (AvgIpc) is 3.10. The first-order chi connectivity index (χ1) is 15.6. The Kier molecular flexibility index (Phi) is 5.93. The predicted molar refractivity (Wildman–Crippen MR) is 130 cm³/mol. The number of anilines is 1. The van der Waals surface area contributed by atoms with Gasteiger partial charge < -0.3 is 9.15 Å². The highest BCUT2D eigenvalue weighted by Crippen LogP contribution is 2.38. The highest BCUT2D eigenvalue weighted by molar-refractivity contribution is 7.92. The number of sulfonamides is 1. The van der Waals surface area contributed by atoms with E-state index in [1.165, 1.54) is 0 Å². The summed E-state index contributed by atoms with van der Waals surface area (Å²) in [5.41, 5.74) is 3.80. The summed E-state index contributed by atoms with van der Waals surface area (Å²) in [5.74, 6) is -0.0524. The SMILES string of the molecule is CCCOC(=O)c1c(C)oc2c1cc(NS(=O)(=O)c1cc(C)c(C)cc1C)c1ccccc12. The topological polar surface area (TPSA) is 85.6 Å². The molecule has 1 N–H and O–H groups in total. The highest BCUT2D eigenvalue weighted by Gasteiger charge is 2.25. The van der Waals surface area contributed by atoms with Crippen molar-refractivity contribution in [2.24, 2.45) is 0 Å². The van der Waals surface area contributed by atoms with E-state index in [4.69, 9.17) is 9.15 Å². The molecule has 0 aliphatic carbocycles. The third-order valence-corrected chi connectivity index (χ3v) is 7.35. The third-order valence-electron chi connectivity index (χ3n) is 5.84. The van der Waals surface area contributed by atoms with E-state index < -0.39 is 16.0 Å². The van der Waals surface area contributed by atoms with Gasteiger partial charge in [-0.2, -0.15) is 0 Å². The zero-order valence-electron chi connectivity index (χ0n) is 19.4. The summed E-state index contributed by atoms with van der Waals surface area (Å²) in [6.07, 6.45) is 0.698. The van der Waals surface area contributed by atoms with Crippen LogP contribution in [0.3, 0.4) is 0 Å². The molecule has 7 heteroatoms. The van der Waals surface area contributed by atoms with Crippen molar-refractivity contribution in [3.05, 3.63) is 70.5 Å². The standard InChI is InChI=1S/C26H27NO5S/c1-6-11-31-26(28)24-18(5)32-25-20-10-8-7-9-19(20)22(14-21(24)25)27-33(29,30)23-13-16(3)15(2)12-17(23)4/h7-10,12-14,27H,6,11H2,1-5H3. The molecule has 0 fully saturated rings. The molecule has 0 atom stereocenters. The molecule has 0 aliphatic heterocycles. The predicted octanol–water partition coefficient (Wildman–Crippen LogP) is 6.19. The number of hydrogen-bond acceptors (Lipinski definition) is 5. The van der Waals surface area contributed by atoms with E-state index in [-0.39, 0.29) is 4.90 Å². The summed E-state index contributed by atoms with van der Waals surface area (Å²) >= 11 is 0. The fourth-order valence-electron chi connectivity index (χ4n) is 4.07. The van der Waals surface area contributed by atoms with Gasteiger partial charge in [0.25, 0.3) is 10.0 Å². The molecule has 0 radical (unpaired) electrons. The van der Waals surface area contributed by atoms with E-state index >= 15 is 0 Å². The quantitative estimate of drug-likeness (QED) is 0.343. The number of ether oxygens (including phenoxy) is 1. The van der Waals surface area contributed by atoms with E-state index in [1.54, 1.807) is 26.0 Å². The summed E-state index contributed by atoms with van der Waals surface area (Å²) in [6.45, 7) is 9.54. The minimum Gasteiger partial charge on any atom is -0.462 e. The summed E-state index contributed by atoms with van der Waals surface area (Å²) in [4.78, 5) is 13.0. The number of nitrogens with one attached hydrogen (secondary N) is 1. The fourth-order valence-corrected chi connectivity index (χ4v) is 5.45. The Morgan fingerprint density at radius 3 is 2.30 bits per heavy atom. The number of benzene rings is 3. The van der Waals surface area contributed by atoms with Gasteiger partial charge in [0.2, 0.25) is 0 Å². The lowest BCUT2D eigenvalue weighted by Gasteiger charge is -2.15. The molecule has 4 rings (SSSR count). The Morgan fingerprint density at radius 1 is 0.939 bits per heavy atom. The maximum absolute atomic E-state index is 13.4. The number of fused-ring (bicyclic) bond motifs is 3. The second-order valence-electron chi connectivity index (χ2n) is 8.32. The van der Waals surface area contributed by atoms with Crippen LogP contribution >= 0.6 is 0 Å². The van der Waals surface area contributed by atoms with Crippen LogP contribution in [-0.4, -0.2) is 21.0 Å². The minimum absolute atomic E-state index is 0.223. The molecule has 0 bridgehead atoms. The molecule has 0 spiro atoms. The van der Waals surface area contributed by atoms with E-state index in [1.807, 2.05) is 51.1 Å². The number of aryl methyl sites for hydroxylation is 4. The molecule has 172 valence electrons. The first kappa shape index (κ1) is 22.9. The van der Waals surface area contributed by atoms with E-state index in [2.05, 4.69) is 4.72 Å². The van der Waals surface area contributed by atoms with Crippen molar-refractivity contribution in [3.8, 4) is 0 Å². The molecule has 3 aromatic carbocycles. The Hall–Kier alpha value is -3.32. The molecule has 33 heavy (non-hydrogen) atoms. The van der Waals surface area contributed by atoms with Gasteiger partial charge in [-0.05, 0) is 62.9 Å². The third kappa shape index (κ3) is 4.09. The molecule has 0 amide bonds. The van der Waals surface area contributed by atoms with Crippen LogP contribution in [0.4, 0.5) is 5.69 Å². The molecule has 0 unspecified atom stereocenters. The molecule has 6 nitrogen and oxygen atoms in total. The van der Waals surface area contributed by atoms with Crippen molar-refractivity contribution in [1.82, 2.24) is 0 Å². The smallest absolute Gasteiger partial charge is 0.342 e. The van der Waals surface area contributed by atoms with Crippen molar-refractivity contribution in [2.45, 2.75) is 45.9 Å². The van der Waals surface area contributed by atoms with Crippen molar-refractivity contribution in [2.75, 3.05) is 11.3 Å². The number of carbonyl (C=O) groups is 1. The molecule has 1 aromatic heterocycles. The second kappa shape index (κ2) is 8.56. The van der Waals surface area contributed by atoms with Gasteiger partial charge in [-0.3, -0.25) is 4.72 Å². The van der Waals surface area contributed by atoms with Crippen LogP contribution in [0.5, 0.6) is 0 Å². The van der Waals surface area contributed by atoms with E-state index in [0.717, 1.165) is 11.1 Å². The maximum Gasteiger partial charge on any atom is 0.342 e. The number of hydrogen-bond donors (Lipinski definition) is 1. The molecule has 0 saturated carbocycles. The Bertz CT molecular complexity index is 1500. The number of rotatable bonds is 6. The van der Waals surface area contributed by atoms with Crippen molar-refractivity contribution >= 4 is 43.4 Å². The lowest BCUT2D eigenvalue weighted by molar-refractivity contribution is 0.0505. The van der Waals surface area contributed by atoms with Crippen LogP contribution in [0.25, 0.3) is 21.7 Å². The Labute approximate surface area is 193 Å². The Balaban J connectivity index is 1.92. The molecule has 0 saturated heterocycles. The van der Waals surface area contributed by atoms with Crippen molar-refractivity contribution in [3.63, 3.8) is 0 Å². The summed E-state index contributed by atoms with van der Waals surface area (Å²) < 4.78 is 40.9. The lowest BCUT2D eigenvalue weighted by atomic mass is 10.0. The van der Waals surface area contributed by atoms with E-state index in [0.29, 0.717) is 57.3 Å². The van der Waals surface area contributed by atoms with Gasteiger partial charge in [-0.1, -0.05) is 37.3 Å². The van der Waals surface area contributed by atoms with Crippen LogP contribution in [0.1, 0.15) is 46.2 Å². The summed E-state index contributed by atoms with van der Waals surface area (Å²) in [6, 6.07) is 12.6. The second-order valence-corrected chi connectivity index (χ2v) is 9.97. The van der Waals surface area contributed by atoms with Gasteiger partial charge in [-0.25, -0.2) is 13.2 Å². The molecular formula is C26H27NO5S. The first-order valence-electron chi connectivity index (χ1n) is 10.9. The van der Waals surface area contributed by atoms with Crippen LogP contribution in [0.15, 0.2) is 51.8 Å². The molecular weight excluding hydrogens is 438 g/mol. The summed E-state index contributed by atoms with van der Waals surface area (Å²) in [5, 5.41) is 1.90. The molecule has 0 aliphatic rings. The van der Waals surface area contributed by atoms with Crippen LogP contribution < -0.4 is 4.72 Å². The van der Waals surface area contributed by atoms with Gasteiger partial charge in [-0.15, -0.1) is 0 Å². The van der Waals surface area contributed by atoms with Crippen LogP contribution in [0, 0.1) is 27.7 Å². The van der Waals surface area contributed by atoms with Gasteiger partial charge in [0.05, 0.1) is 17.2 Å². The van der Waals surface area contributed by atoms with Gasteiger partial charge in [0.15, 0.2) is 0 Å². The van der Waals surface area contributed by atoms with Gasteiger partial charge in [0, 0.05) is 16.2 Å². The highest BCUT2D eigenvalue weighted by atomic mass is 32.2. The lowest BCUT2D eigenvalue weighted by Crippen LogP contribution is -2.15. The zero-order valence-corrected chi connectivity index (χ0v) is 20.2. The summed E-state index contributed by atoms with van der Waals surface area (Å²) in [7, 11) is -3.88. The number of esters is 1. The van der Waals surface area contributed by atoms with Crippen molar-refractivity contribution in [1.29, 1.82) is 0 Å². The van der Waals surface area contributed by atoms with Crippen LogP contribution in [-0.2, 0) is 14.8 Å². The van der Waals surface area contributed by atoms with E-state index in [9.17, 15) is 13.2 Å². The average molecular weight is 466 g/mol. The molecule has 4 aromatic rings. The van der Waals surface area contributed by atoms with Crippen LogP contribution in [0.2, 0.25) is 0 Å². The monoisotopic (exact) mass is 465 g/mol. The fraction of sp³-hybridized carbons (Fsp3) is 0.269. The van der Waals surface area contributed by atoms with Crippen molar-refractivity contribution < 1.29 is 22.4 Å². The van der Waals surface area contributed by atoms with Gasteiger partial charge >= 0.3 is 5.97 Å². The minimum atomic E-state index is -3.88. The normalized spacial score (nSPS) is 11.8. The largest absolute Gasteiger partial charge is 0.462 e. The number of furan rings is 1. The van der Waals surface area contributed by atoms with Gasteiger partial charge in [0.1, 0.15) is 16.9 Å². The number of carbonyl (C=O) groups excluding carboxylic acids is 1. The first-order valence-corrected chi connectivity index (χ1v) is 12.3. The molecule has 1 heterocycles. The maximum atomic E-state index is 13.4. The zero-order chi connectivity index (χ0) is 23.9.